The summed E-state index contributed by atoms with van der Waals surface area (Å²) in [5, 5.41) is 0.276. The smallest absolute Gasteiger partial charge is 0.235 e. The lowest BCUT2D eigenvalue weighted by Crippen LogP contribution is -2.50. The van der Waals surface area contributed by atoms with Crippen molar-refractivity contribution in [3.05, 3.63) is 0 Å². The second-order valence-corrected chi connectivity index (χ2v) is 5.57. The topological polar surface area (TPSA) is 23.6 Å². The zero-order chi connectivity index (χ0) is 10.7. The molecule has 1 amide bonds. The molecule has 15 heavy (non-hydrogen) atoms. The Hall–Kier alpha value is -0.220. The Bertz CT molecular complexity index is 221. The Morgan fingerprint density at radius 3 is 2.60 bits per heavy atom. The molecule has 0 aromatic carbocycles. The molecule has 2 aliphatic heterocycles. The average Bonchev–Trinajstić information content (AvgIpc) is 2.82. The Labute approximate surface area is 96.2 Å². The molecule has 0 bridgehead atoms. The second-order valence-electron chi connectivity index (χ2n) is 4.26. The third-order valence-electron chi connectivity index (χ3n) is 3.34. The van der Waals surface area contributed by atoms with Gasteiger partial charge in [-0.3, -0.25) is 4.79 Å². The van der Waals surface area contributed by atoms with Gasteiger partial charge in [-0.15, -0.1) is 11.8 Å². The van der Waals surface area contributed by atoms with Crippen LogP contribution in [0.5, 0.6) is 0 Å². The SMILES string of the molecule is CCN1CCN(C(=O)C2CCCS2)CC1. The zero-order valence-corrected chi connectivity index (χ0v) is 10.3. The van der Waals surface area contributed by atoms with Gasteiger partial charge < -0.3 is 9.80 Å². The normalized spacial score (nSPS) is 28.3. The molecular formula is C11H20N2OS. The number of piperazine rings is 1. The molecule has 0 aliphatic carbocycles. The van der Waals surface area contributed by atoms with Gasteiger partial charge in [-0.25, -0.2) is 0 Å². The van der Waals surface area contributed by atoms with Crippen molar-refractivity contribution in [2.24, 2.45) is 0 Å². The van der Waals surface area contributed by atoms with E-state index in [2.05, 4.69) is 16.7 Å². The van der Waals surface area contributed by atoms with Crippen LogP contribution in [-0.2, 0) is 4.79 Å². The molecule has 0 aromatic rings. The molecule has 0 N–H and O–H groups in total. The first-order valence-corrected chi connectivity index (χ1v) is 6.99. The maximum absolute atomic E-state index is 12.1. The van der Waals surface area contributed by atoms with E-state index in [9.17, 15) is 4.79 Å². The van der Waals surface area contributed by atoms with E-state index in [1.54, 1.807) is 0 Å². The zero-order valence-electron chi connectivity index (χ0n) is 9.45. The van der Waals surface area contributed by atoms with E-state index in [1.807, 2.05) is 11.8 Å². The van der Waals surface area contributed by atoms with Gasteiger partial charge in [0, 0.05) is 26.2 Å². The quantitative estimate of drug-likeness (QED) is 0.706. The van der Waals surface area contributed by atoms with Crippen molar-refractivity contribution >= 4 is 17.7 Å². The van der Waals surface area contributed by atoms with E-state index in [0.29, 0.717) is 5.91 Å². The maximum Gasteiger partial charge on any atom is 0.235 e. The predicted octanol–water partition coefficient (Wildman–Crippen LogP) is 1.05. The number of carbonyl (C=O) groups is 1. The lowest BCUT2D eigenvalue weighted by Gasteiger charge is -2.35. The van der Waals surface area contributed by atoms with Crippen LogP contribution >= 0.6 is 11.8 Å². The molecule has 1 atom stereocenters. The standard InChI is InChI=1S/C11H20N2OS/c1-2-12-5-7-13(8-6-12)11(14)10-4-3-9-15-10/h10H,2-9H2,1H3. The summed E-state index contributed by atoms with van der Waals surface area (Å²) in [7, 11) is 0. The lowest BCUT2D eigenvalue weighted by atomic mass is 10.2. The van der Waals surface area contributed by atoms with E-state index in [0.717, 1.165) is 39.1 Å². The minimum Gasteiger partial charge on any atom is -0.339 e. The first kappa shape index (κ1) is 11.3. The summed E-state index contributed by atoms with van der Waals surface area (Å²) in [6, 6.07) is 0. The molecule has 0 radical (unpaired) electrons. The van der Waals surface area contributed by atoms with Gasteiger partial charge in [0.1, 0.15) is 0 Å². The van der Waals surface area contributed by atoms with Gasteiger partial charge in [0.05, 0.1) is 5.25 Å². The fraction of sp³-hybridized carbons (Fsp3) is 0.909. The molecule has 2 saturated heterocycles. The molecule has 2 rings (SSSR count). The largest absolute Gasteiger partial charge is 0.339 e. The number of rotatable bonds is 2. The van der Waals surface area contributed by atoms with Crippen LogP contribution in [0.1, 0.15) is 19.8 Å². The van der Waals surface area contributed by atoms with E-state index < -0.39 is 0 Å². The second kappa shape index (κ2) is 5.21. The summed E-state index contributed by atoms with van der Waals surface area (Å²) in [6.07, 6.45) is 2.31. The molecule has 1 unspecified atom stereocenters. The number of carbonyl (C=O) groups excluding carboxylic acids is 1. The highest BCUT2D eigenvalue weighted by Gasteiger charge is 2.29. The van der Waals surface area contributed by atoms with Crippen LogP contribution in [0.2, 0.25) is 0 Å². The molecule has 0 aromatic heterocycles. The van der Waals surface area contributed by atoms with Crippen molar-refractivity contribution in [1.82, 2.24) is 9.80 Å². The lowest BCUT2D eigenvalue weighted by molar-refractivity contribution is -0.132. The van der Waals surface area contributed by atoms with Crippen molar-refractivity contribution in [3.63, 3.8) is 0 Å². The number of nitrogens with zero attached hydrogens (tertiary/aromatic N) is 2. The van der Waals surface area contributed by atoms with Gasteiger partial charge in [0.15, 0.2) is 0 Å². The highest BCUT2D eigenvalue weighted by Crippen LogP contribution is 2.27. The Morgan fingerprint density at radius 2 is 2.07 bits per heavy atom. The van der Waals surface area contributed by atoms with Crippen LogP contribution in [0.4, 0.5) is 0 Å². The first-order valence-electron chi connectivity index (χ1n) is 5.94. The highest BCUT2D eigenvalue weighted by molar-refractivity contribution is 8.00. The van der Waals surface area contributed by atoms with Crippen molar-refractivity contribution in [3.8, 4) is 0 Å². The molecule has 3 nitrogen and oxygen atoms in total. The Balaban J connectivity index is 1.81. The van der Waals surface area contributed by atoms with Crippen LogP contribution < -0.4 is 0 Å². The van der Waals surface area contributed by atoms with Crippen molar-refractivity contribution < 1.29 is 4.79 Å². The van der Waals surface area contributed by atoms with Gasteiger partial charge in [-0.05, 0) is 25.1 Å². The van der Waals surface area contributed by atoms with Crippen molar-refractivity contribution in [1.29, 1.82) is 0 Å². The van der Waals surface area contributed by atoms with Crippen molar-refractivity contribution in [2.75, 3.05) is 38.5 Å². The number of hydrogen-bond acceptors (Lipinski definition) is 3. The Morgan fingerprint density at radius 1 is 1.33 bits per heavy atom. The van der Waals surface area contributed by atoms with Gasteiger partial charge in [-0.1, -0.05) is 6.92 Å². The van der Waals surface area contributed by atoms with Gasteiger partial charge >= 0.3 is 0 Å². The molecular weight excluding hydrogens is 208 g/mol. The minimum absolute atomic E-state index is 0.276. The summed E-state index contributed by atoms with van der Waals surface area (Å²) in [6.45, 7) is 7.28. The molecule has 2 fully saturated rings. The highest BCUT2D eigenvalue weighted by atomic mass is 32.2. The third-order valence-corrected chi connectivity index (χ3v) is 4.70. The summed E-state index contributed by atoms with van der Waals surface area (Å²) in [5.74, 6) is 1.57. The van der Waals surface area contributed by atoms with Crippen LogP contribution in [-0.4, -0.2) is 59.4 Å². The summed E-state index contributed by atoms with van der Waals surface area (Å²) < 4.78 is 0. The van der Waals surface area contributed by atoms with Gasteiger partial charge in [0.25, 0.3) is 0 Å². The fourth-order valence-corrected chi connectivity index (χ4v) is 3.50. The number of amides is 1. The van der Waals surface area contributed by atoms with E-state index >= 15 is 0 Å². The molecule has 0 saturated carbocycles. The first-order chi connectivity index (χ1) is 7.31. The minimum atomic E-state index is 0.276. The maximum atomic E-state index is 12.1. The van der Waals surface area contributed by atoms with Crippen molar-refractivity contribution in [2.45, 2.75) is 25.0 Å². The summed E-state index contributed by atoms with van der Waals surface area (Å²) in [5.41, 5.74) is 0. The summed E-state index contributed by atoms with van der Waals surface area (Å²) >= 11 is 1.85. The van der Waals surface area contributed by atoms with Crippen LogP contribution in [0.15, 0.2) is 0 Å². The molecule has 2 heterocycles. The predicted molar refractivity (Wildman–Crippen MR) is 64.2 cm³/mol. The van der Waals surface area contributed by atoms with E-state index in [4.69, 9.17) is 0 Å². The number of thioether (sulfide) groups is 1. The fourth-order valence-electron chi connectivity index (χ4n) is 2.26. The van der Waals surface area contributed by atoms with Gasteiger partial charge in [-0.2, -0.15) is 0 Å². The molecule has 2 aliphatic rings. The van der Waals surface area contributed by atoms with Crippen LogP contribution in [0.25, 0.3) is 0 Å². The van der Waals surface area contributed by atoms with E-state index in [1.165, 1.54) is 12.2 Å². The summed E-state index contributed by atoms with van der Waals surface area (Å²) in [4.78, 5) is 16.6. The average molecular weight is 228 g/mol. The van der Waals surface area contributed by atoms with Crippen LogP contribution in [0.3, 0.4) is 0 Å². The number of likely N-dealkylation sites (N-methyl/N-ethyl adjacent to an activating group) is 1. The molecule has 0 spiro atoms. The monoisotopic (exact) mass is 228 g/mol. The van der Waals surface area contributed by atoms with Crippen LogP contribution in [0, 0.1) is 0 Å². The number of hydrogen-bond donors (Lipinski definition) is 0. The van der Waals surface area contributed by atoms with Gasteiger partial charge in [0.2, 0.25) is 5.91 Å². The molecule has 86 valence electrons. The molecule has 4 heteroatoms. The third kappa shape index (κ3) is 2.67. The van der Waals surface area contributed by atoms with E-state index in [-0.39, 0.29) is 5.25 Å². The Kier molecular flexibility index (Phi) is 3.92.